The van der Waals surface area contributed by atoms with Gasteiger partial charge >= 0.3 is 0 Å². The van der Waals surface area contributed by atoms with Crippen molar-refractivity contribution in [2.75, 3.05) is 26.3 Å². The molecular formula is C17H14ClN3O3S. The molecule has 0 saturated carbocycles. The van der Waals surface area contributed by atoms with E-state index in [4.69, 9.17) is 16.3 Å². The minimum absolute atomic E-state index is 0.0769. The van der Waals surface area contributed by atoms with Crippen LogP contribution in [0.4, 0.5) is 0 Å². The minimum atomic E-state index is -0.354. The molecule has 128 valence electrons. The molecule has 0 aliphatic carbocycles. The Kier molecular flexibility index (Phi) is 4.29. The number of hydrogen-bond donors (Lipinski definition) is 0. The number of hydrogen-bond acceptors (Lipinski definition) is 5. The molecule has 0 radical (unpaired) electrons. The van der Waals surface area contributed by atoms with Gasteiger partial charge in [-0.05, 0) is 17.7 Å². The zero-order valence-electron chi connectivity index (χ0n) is 13.1. The molecule has 3 heterocycles. The van der Waals surface area contributed by atoms with E-state index in [1.165, 1.54) is 21.9 Å². The first-order chi connectivity index (χ1) is 12.1. The summed E-state index contributed by atoms with van der Waals surface area (Å²) >= 11 is 7.29. The van der Waals surface area contributed by atoms with E-state index in [-0.39, 0.29) is 17.0 Å². The summed E-state index contributed by atoms with van der Waals surface area (Å²) in [4.78, 5) is 32.1. The van der Waals surface area contributed by atoms with Gasteiger partial charge in [-0.25, -0.2) is 4.98 Å². The number of carbonyl (C=O) groups is 1. The van der Waals surface area contributed by atoms with E-state index >= 15 is 0 Å². The average Bonchev–Trinajstić information content (AvgIpc) is 3.08. The van der Waals surface area contributed by atoms with Gasteiger partial charge in [0, 0.05) is 29.7 Å². The Morgan fingerprint density at radius 3 is 2.64 bits per heavy atom. The van der Waals surface area contributed by atoms with Gasteiger partial charge in [-0.3, -0.25) is 14.0 Å². The smallest absolute Gasteiger partial charge is 0.271 e. The van der Waals surface area contributed by atoms with Crippen LogP contribution in [0.2, 0.25) is 5.02 Å². The Hall–Kier alpha value is -2.22. The lowest BCUT2D eigenvalue weighted by atomic mass is 10.2. The molecule has 1 aromatic carbocycles. The van der Waals surface area contributed by atoms with Gasteiger partial charge in [-0.1, -0.05) is 23.7 Å². The average molecular weight is 376 g/mol. The van der Waals surface area contributed by atoms with Crippen LogP contribution in [0.1, 0.15) is 10.4 Å². The maximum Gasteiger partial charge on any atom is 0.271 e. The van der Waals surface area contributed by atoms with Crippen LogP contribution >= 0.6 is 22.9 Å². The SMILES string of the molecule is O=C(c1cnc2scc(-c3ccc(Cl)cc3)n2c1=O)N1CCOCC1. The summed E-state index contributed by atoms with van der Waals surface area (Å²) in [5.41, 5.74) is 1.27. The summed E-state index contributed by atoms with van der Waals surface area (Å²) < 4.78 is 6.75. The Balaban J connectivity index is 1.81. The fourth-order valence-corrected chi connectivity index (χ4v) is 3.78. The summed E-state index contributed by atoms with van der Waals surface area (Å²) in [6.07, 6.45) is 1.37. The normalized spacial score (nSPS) is 14.8. The highest BCUT2D eigenvalue weighted by Gasteiger charge is 2.23. The third-order valence-electron chi connectivity index (χ3n) is 4.11. The standard InChI is InChI=1S/C17H14ClN3O3S/c18-12-3-1-11(2-4-12)14-10-25-17-19-9-13(16(23)21(14)17)15(22)20-5-7-24-8-6-20/h1-4,9-10H,5-8H2. The van der Waals surface area contributed by atoms with Crippen molar-refractivity contribution in [3.63, 3.8) is 0 Å². The fourth-order valence-electron chi connectivity index (χ4n) is 2.80. The van der Waals surface area contributed by atoms with Crippen molar-refractivity contribution in [1.29, 1.82) is 0 Å². The predicted molar refractivity (Wildman–Crippen MR) is 96.5 cm³/mol. The molecule has 0 unspecified atom stereocenters. The predicted octanol–water partition coefficient (Wildman–Crippen LogP) is 2.55. The highest BCUT2D eigenvalue weighted by molar-refractivity contribution is 7.15. The number of benzene rings is 1. The molecule has 25 heavy (non-hydrogen) atoms. The fraction of sp³-hybridized carbons (Fsp3) is 0.235. The summed E-state index contributed by atoms with van der Waals surface area (Å²) in [6.45, 7) is 1.93. The van der Waals surface area contributed by atoms with Crippen molar-refractivity contribution in [2.45, 2.75) is 0 Å². The van der Waals surface area contributed by atoms with E-state index in [0.29, 0.717) is 42.0 Å². The van der Waals surface area contributed by atoms with E-state index in [1.54, 1.807) is 17.0 Å². The number of ether oxygens (including phenoxy) is 1. The Bertz CT molecular complexity index is 991. The van der Waals surface area contributed by atoms with E-state index in [2.05, 4.69) is 4.98 Å². The quantitative estimate of drug-likeness (QED) is 0.690. The molecule has 0 N–H and O–H groups in total. The van der Waals surface area contributed by atoms with Gasteiger partial charge in [0.05, 0.1) is 18.9 Å². The highest BCUT2D eigenvalue weighted by Crippen LogP contribution is 2.25. The van der Waals surface area contributed by atoms with Crippen LogP contribution in [0.15, 0.2) is 40.6 Å². The van der Waals surface area contributed by atoms with Crippen LogP contribution in [0, 0.1) is 0 Å². The van der Waals surface area contributed by atoms with Crippen molar-refractivity contribution in [3.8, 4) is 11.3 Å². The molecular weight excluding hydrogens is 362 g/mol. The monoisotopic (exact) mass is 375 g/mol. The van der Waals surface area contributed by atoms with Crippen molar-refractivity contribution in [1.82, 2.24) is 14.3 Å². The van der Waals surface area contributed by atoms with Crippen LogP contribution in [0.3, 0.4) is 0 Å². The molecule has 1 fully saturated rings. The van der Waals surface area contributed by atoms with Crippen molar-refractivity contribution >= 4 is 33.8 Å². The zero-order valence-corrected chi connectivity index (χ0v) is 14.7. The summed E-state index contributed by atoms with van der Waals surface area (Å²) in [7, 11) is 0. The van der Waals surface area contributed by atoms with E-state index in [1.807, 2.05) is 17.5 Å². The highest BCUT2D eigenvalue weighted by atomic mass is 35.5. The zero-order chi connectivity index (χ0) is 17.4. The van der Waals surface area contributed by atoms with Crippen LogP contribution < -0.4 is 5.56 Å². The van der Waals surface area contributed by atoms with Crippen molar-refractivity contribution in [3.05, 3.63) is 56.8 Å². The molecule has 3 aromatic rings. The van der Waals surface area contributed by atoms with Crippen LogP contribution in [0.25, 0.3) is 16.2 Å². The number of thiazole rings is 1. The first-order valence-electron chi connectivity index (χ1n) is 7.77. The third-order valence-corrected chi connectivity index (χ3v) is 5.21. The Labute approximate surface area is 152 Å². The van der Waals surface area contributed by atoms with E-state index in [0.717, 1.165) is 5.56 Å². The van der Waals surface area contributed by atoms with Gasteiger partial charge in [0.25, 0.3) is 11.5 Å². The molecule has 2 aromatic heterocycles. The second kappa shape index (κ2) is 6.59. The van der Waals surface area contributed by atoms with Crippen LogP contribution in [-0.2, 0) is 4.74 Å². The van der Waals surface area contributed by atoms with Gasteiger partial charge in [-0.2, -0.15) is 0 Å². The number of nitrogens with zero attached hydrogens (tertiary/aromatic N) is 3. The minimum Gasteiger partial charge on any atom is -0.378 e. The molecule has 4 rings (SSSR count). The molecule has 1 amide bonds. The maximum atomic E-state index is 13.0. The molecule has 0 atom stereocenters. The number of rotatable bonds is 2. The largest absolute Gasteiger partial charge is 0.378 e. The summed E-state index contributed by atoms with van der Waals surface area (Å²) in [6, 6.07) is 7.21. The van der Waals surface area contributed by atoms with Gasteiger partial charge < -0.3 is 9.64 Å². The molecule has 1 aliphatic heterocycles. The van der Waals surface area contributed by atoms with Gasteiger partial charge in [0.15, 0.2) is 4.96 Å². The second-order valence-electron chi connectivity index (χ2n) is 5.63. The number of morpholine rings is 1. The summed E-state index contributed by atoms with van der Waals surface area (Å²) in [5, 5.41) is 2.48. The van der Waals surface area contributed by atoms with Crippen molar-refractivity contribution < 1.29 is 9.53 Å². The Morgan fingerprint density at radius 2 is 1.92 bits per heavy atom. The molecule has 6 nitrogen and oxygen atoms in total. The molecule has 8 heteroatoms. The lowest BCUT2D eigenvalue weighted by Crippen LogP contribution is -2.43. The third kappa shape index (κ3) is 2.95. The number of amides is 1. The number of carbonyl (C=O) groups excluding carboxylic acids is 1. The van der Waals surface area contributed by atoms with E-state index in [9.17, 15) is 9.59 Å². The first-order valence-corrected chi connectivity index (χ1v) is 9.03. The maximum absolute atomic E-state index is 13.0. The lowest BCUT2D eigenvalue weighted by Gasteiger charge is -2.26. The molecule has 0 spiro atoms. The topological polar surface area (TPSA) is 63.9 Å². The summed E-state index contributed by atoms with van der Waals surface area (Å²) in [5.74, 6) is -0.302. The second-order valence-corrected chi connectivity index (χ2v) is 6.90. The lowest BCUT2D eigenvalue weighted by molar-refractivity contribution is 0.0301. The number of aromatic nitrogens is 2. The van der Waals surface area contributed by atoms with Gasteiger partial charge in [0.2, 0.25) is 0 Å². The van der Waals surface area contributed by atoms with Crippen molar-refractivity contribution in [2.24, 2.45) is 0 Å². The molecule has 1 aliphatic rings. The number of fused-ring (bicyclic) bond motifs is 1. The van der Waals surface area contributed by atoms with Crippen LogP contribution in [0.5, 0.6) is 0 Å². The molecule has 1 saturated heterocycles. The Morgan fingerprint density at radius 1 is 1.20 bits per heavy atom. The first kappa shape index (κ1) is 16.3. The number of halogens is 1. The van der Waals surface area contributed by atoms with E-state index < -0.39 is 0 Å². The van der Waals surface area contributed by atoms with Gasteiger partial charge in [-0.15, -0.1) is 11.3 Å². The van der Waals surface area contributed by atoms with Gasteiger partial charge in [0.1, 0.15) is 5.56 Å². The molecule has 0 bridgehead atoms. The van der Waals surface area contributed by atoms with Crippen LogP contribution in [-0.4, -0.2) is 46.5 Å².